The second kappa shape index (κ2) is 13.8. The molecule has 0 aliphatic carbocycles. The Kier molecular flexibility index (Phi) is 10.7. The predicted molar refractivity (Wildman–Crippen MR) is 159 cm³/mol. The van der Waals surface area contributed by atoms with Gasteiger partial charge < -0.3 is 10.2 Å². The highest BCUT2D eigenvalue weighted by atomic mass is 79.9. The standard InChI is InChI=1S/C30H36BrN3O4S/c1-5-22(3)32-30(36)23(4)33(20-24-13-12-15-26(31)19-24)29(35)21-34(28-18-11-10-14-25(28)6-2)39(37,38)27-16-8-7-9-17-27/h7-19,22-23H,5-6,20-21H2,1-4H3,(H,32,36)/t22-,23+/m0/s1. The van der Waals surface area contributed by atoms with Crippen molar-refractivity contribution >= 4 is 43.5 Å². The molecule has 0 saturated carbocycles. The van der Waals surface area contributed by atoms with E-state index in [1.165, 1.54) is 17.0 Å². The third-order valence-corrected chi connectivity index (χ3v) is 8.93. The zero-order valence-electron chi connectivity index (χ0n) is 22.8. The highest BCUT2D eigenvalue weighted by Crippen LogP contribution is 2.28. The summed E-state index contributed by atoms with van der Waals surface area (Å²) in [6.45, 7) is 7.17. The largest absolute Gasteiger partial charge is 0.352 e. The first kappa shape index (κ1) is 30.4. The van der Waals surface area contributed by atoms with E-state index in [9.17, 15) is 18.0 Å². The van der Waals surface area contributed by atoms with Gasteiger partial charge in [0.25, 0.3) is 10.0 Å². The van der Waals surface area contributed by atoms with E-state index in [0.29, 0.717) is 12.1 Å². The van der Waals surface area contributed by atoms with Gasteiger partial charge >= 0.3 is 0 Å². The van der Waals surface area contributed by atoms with E-state index < -0.39 is 28.5 Å². The Hall–Kier alpha value is -3.17. The molecule has 1 N–H and O–H groups in total. The maximum absolute atomic E-state index is 14.0. The summed E-state index contributed by atoms with van der Waals surface area (Å²) in [6, 6.07) is 21.9. The summed E-state index contributed by atoms with van der Waals surface area (Å²) in [5, 5.41) is 2.95. The Morgan fingerprint density at radius 2 is 1.59 bits per heavy atom. The monoisotopic (exact) mass is 613 g/mol. The summed E-state index contributed by atoms with van der Waals surface area (Å²) >= 11 is 3.47. The lowest BCUT2D eigenvalue weighted by Crippen LogP contribution is -2.52. The molecule has 2 amide bonds. The number of halogens is 1. The summed E-state index contributed by atoms with van der Waals surface area (Å²) in [6.07, 6.45) is 1.33. The molecule has 0 unspecified atom stereocenters. The van der Waals surface area contributed by atoms with Crippen LogP contribution in [0.1, 0.15) is 45.2 Å². The number of sulfonamides is 1. The van der Waals surface area contributed by atoms with Crippen LogP contribution in [0.25, 0.3) is 0 Å². The fourth-order valence-electron chi connectivity index (χ4n) is 4.17. The number of nitrogens with one attached hydrogen (secondary N) is 1. The van der Waals surface area contributed by atoms with Crippen LogP contribution in [0, 0.1) is 0 Å². The van der Waals surface area contributed by atoms with Crippen molar-refractivity contribution in [1.82, 2.24) is 10.2 Å². The molecule has 0 aromatic heterocycles. The van der Waals surface area contributed by atoms with Gasteiger partial charge in [-0.2, -0.15) is 0 Å². The number of aryl methyl sites for hydroxylation is 1. The van der Waals surface area contributed by atoms with E-state index in [1.807, 2.05) is 57.2 Å². The molecule has 0 aliphatic rings. The quantitative estimate of drug-likeness (QED) is 0.291. The molecule has 0 aliphatic heterocycles. The van der Waals surface area contributed by atoms with Crippen LogP contribution >= 0.6 is 15.9 Å². The van der Waals surface area contributed by atoms with Crippen LogP contribution in [0.3, 0.4) is 0 Å². The van der Waals surface area contributed by atoms with Crippen molar-refractivity contribution in [1.29, 1.82) is 0 Å². The van der Waals surface area contributed by atoms with E-state index in [-0.39, 0.29) is 23.4 Å². The lowest BCUT2D eigenvalue weighted by Gasteiger charge is -2.33. The fourth-order valence-corrected chi connectivity index (χ4v) is 6.09. The molecule has 0 heterocycles. The van der Waals surface area contributed by atoms with E-state index in [4.69, 9.17) is 0 Å². The molecule has 0 saturated heterocycles. The second-order valence-corrected chi connectivity index (χ2v) is 12.2. The lowest BCUT2D eigenvalue weighted by atomic mass is 10.1. The summed E-state index contributed by atoms with van der Waals surface area (Å²) < 4.78 is 29.8. The summed E-state index contributed by atoms with van der Waals surface area (Å²) in [4.78, 5) is 28.7. The average Bonchev–Trinajstić information content (AvgIpc) is 2.94. The van der Waals surface area contributed by atoms with Crippen LogP contribution in [0.2, 0.25) is 0 Å². The number of carbonyl (C=O) groups excluding carboxylic acids is 2. The van der Waals surface area contributed by atoms with Crippen molar-refractivity contribution in [2.45, 2.75) is 64.1 Å². The number of nitrogens with zero attached hydrogens (tertiary/aromatic N) is 2. The first-order valence-electron chi connectivity index (χ1n) is 13.1. The van der Waals surface area contributed by atoms with Gasteiger partial charge in [-0.25, -0.2) is 8.42 Å². The van der Waals surface area contributed by atoms with Gasteiger partial charge in [-0.3, -0.25) is 13.9 Å². The molecular weight excluding hydrogens is 578 g/mol. The smallest absolute Gasteiger partial charge is 0.264 e. The number of benzene rings is 3. The molecule has 0 spiro atoms. The van der Waals surface area contributed by atoms with E-state index in [2.05, 4.69) is 21.2 Å². The van der Waals surface area contributed by atoms with Gasteiger partial charge in [0.1, 0.15) is 12.6 Å². The van der Waals surface area contributed by atoms with Crippen LogP contribution in [-0.4, -0.2) is 43.8 Å². The van der Waals surface area contributed by atoms with Crippen LogP contribution in [0.5, 0.6) is 0 Å². The number of hydrogen-bond acceptors (Lipinski definition) is 4. The Morgan fingerprint density at radius 3 is 2.23 bits per heavy atom. The van der Waals surface area contributed by atoms with Gasteiger partial charge in [-0.1, -0.05) is 78.3 Å². The maximum Gasteiger partial charge on any atom is 0.264 e. The summed E-state index contributed by atoms with van der Waals surface area (Å²) in [5.41, 5.74) is 2.05. The molecule has 0 radical (unpaired) electrons. The average molecular weight is 615 g/mol. The molecule has 7 nitrogen and oxygen atoms in total. The fraction of sp³-hybridized carbons (Fsp3) is 0.333. The molecule has 2 atom stereocenters. The van der Waals surface area contributed by atoms with Gasteiger partial charge in [-0.05, 0) is 68.1 Å². The molecule has 3 aromatic carbocycles. The Balaban J connectivity index is 2.05. The predicted octanol–water partition coefficient (Wildman–Crippen LogP) is 5.54. The number of anilines is 1. The topological polar surface area (TPSA) is 86.8 Å². The molecule has 0 fully saturated rings. The lowest BCUT2D eigenvalue weighted by molar-refractivity contribution is -0.139. The van der Waals surface area contributed by atoms with Crippen molar-refractivity contribution < 1.29 is 18.0 Å². The van der Waals surface area contributed by atoms with Crippen LogP contribution < -0.4 is 9.62 Å². The van der Waals surface area contributed by atoms with Crippen LogP contribution in [0.4, 0.5) is 5.69 Å². The third kappa shape index (κ3) is 7.70. The van der Waals surface area contributed by atoms with E-state index >= 15 is 0 Å². The van der Waals surface area contributed by atoms with Gasteiger partial charge in [0.05, 0.1) is 10.6 Å². The van der Waals surface area contributed by atoms with E-state index in [0.717, 1.165) is 26.3 Å². The SMILES string of the molecule is CCc1ccccc1N(CC(=O)N(Cc1cccc(Br)c1)[C@H](C)C(=O)N[C@@H](C)CC)S(=O)(=O)c1ccccc1. The second-order valence-electron chi connectivity index (χ2n) is 9.45. The number of para-hydroxylation sites is 1. The number of hydrogen-bond donors (Lipinski definition) is 1. The highest BCUT2D eigenvalue weighted by molar-refractivity contribution is 9.10. The molecular formula is C30H36BrN3O4S. The van der Waals surface area contributed by atoms with Crippen LogP contribution in [-0.2, 0) is 32.6 Å². The third-order valence-electron chi connectivity index (χ3n) is 6.66. The number of rotatable bonds is 12. The molecule has 3 aromatic rings. The molecule has 0 bridgehead atoms. The van der Waals surface area contributed by atoms with Gasteiger partial charge in [0, 0.05) is 17.1 Å². The minimum atomic E-state index is -4.09. The molecule has 208 valence electrons. The minimum absolute atomic E-state index is 0.0610. The Labute approximate surface area is 240 Å². The number of carbonyl (C=O) groups is 2. The first-order chi connectivity index (χ1) is 18.6. The molecule has 39 heavy (non-hydrogen) atoms. The summed E-state index contributed by atoms with van der Waals surface area (Å²) in [7, 11) is -4.09. The van der Waals surface area contributed by atoms with Crippen molar-refractivity contribution in [3.05, 3.63) is 94.5 Å². The van der Waals surface area contributed by atoms with E-state index in [1.54, 1.807) is 37.3 Å². The number of amides is 2. The van der Waals surface area contributed by atoms with Crippen molar-refractivity contribution in [3.8, 4) is 0 Å². The first-order valence-corrected chi connectivity index (χ1v) is 15.3. The van der Waals surface area contributed by atoms with Crippen molar-refractivity contribution in [2.75, 3.05) is 10.8 Å². The Morgan fingerprint density at radius 1 is 0.923 bits per heavy atom. The van der Waals surface area contributed by atoms with Gasteiger partial charge in [0.2, 0.25) is 11.8 Å². The van der Waals surface area contributed by atoms with Gasteiger partial charge in [0.15, 0.2) is 0 Å². The minimum Gasteiger partial charge on any atom is -0.352 e. The zero-order chi connectivity index (χ0) is 28.6. The van der Waals surface area contributed by atoms with Crippen LogP contribution in [0.15, 0.2) is 88.2 Å². The summed E-state index contributed by atoms with van der Waals surface area (Å²) in [5.74, 6) is -0.772. The molecule has 9 heteroatoms. The normalized spacial score (nSPS) is 12.8. The Bertz CT molecular complexity index is 1380. The molecule has 3 rings (SSSR count). The maximum atomic E-state index is 14.0. The zero-order valence-corrected chi connectivity index (χ0v) is 25.2. The van der Waals surface area contributed by atoms with Gasteiger partial charge in [-0.15, -0.1) is 0 Å². The van der Waals surface area contributed by atoms with Crippen molar-refractivity contribution in [2.24, 2.45) is 0 Å². The highest BCUT2D eigenvalue weighted by Gasteiger charge is 2.33. The van der Waals surface area contributed by atoms with Crippen molar-refractivity contribution in [3.63, 3.8) is 0 Å².